The standard InChI is InChI=1S/C19H25N3O5/c1-6-20-19(25)22(10-14-8-7-9-27-14)11-15(23)16-12(2)17(18(24)26-5)21(4)13(16)3/h7-9H,6,10-11H2,1-5H3,(H,20,25). The van der Waals surface area contributed by atoms with Crippen molar-refractivity contribution in [2.75, 3.05) is 20.2 Å². The van der Waals surface area contributed by atoms with E-state index in [2.05, 4.69) is 5.32 Å². The van der Waals surface area contributed by atoms with Crippen molar-refractivity contribution in [3.63, 3.8) is 0 Å². The number of carbonyl (C=O) groups is 3. The number of esters is 1. The molecule has 2 rings (SSSR count). The third kappa shape index (κ3) is 4.21. The number of nitrogens with one attached hydrogen (secondary N) is 1. The Morgan fingerprint density at radius 1 is 1.30 bits per heavy atom. The summed E-state index contributed by atoms with van der Waals surface area (Å²) >= 11 is 0. The average Bonchev–Trinajstić information content (AvgIpc) is 3.21. The van der Waals surface area contributed by atoms with Gasteiger partial charge in [-0.2, -0.15) is 0 Å². The second-order valence-electron chi connectivity index (χ2n) is 6.18. The predicted molar refractivity (Wildman–Crippen MR) is 98.7 cm³/mol. The van der Waals surface area contributed by atoms with Gasteiger partial charge < -0.3 is 23.9 Å². The molecule has 0 aromatic carbocycles. The molecule has 0 unspecified atom stereocenters. The first-order valence-electron chi connectivity index (χ1n) is 8.64. The van der Waals surface area contributed by atoms with Crippen molar-refractivity contribution in [2.24, 2.45) is 7.05 Å². The molecule has 0 fully saturated rings. The highest BCUT2D eigenvalue weighted by molar-refractivity contribution is 6.04. The molecule has 8 nitrogen and oxygen atoms in total. The van der Waals surface area contributed by atoms with E-state index in [0.717, 1.165) is 0 Å². The summed E-state index contributed by atoms with van der Waals surface area (Å²) in [5, 5.41) is 2.70. The van der Waals surface area contributed by atoms with E-state index in [1.54, 1.807) is 44.5 Å². The molecule has 27 heavy (non-hydrogen) atoms. The monoisotopic (exact) mass is 375 g/mol. The van der Waals surface area contributed by atoms with Crippen LogP contribution in [-0.4, -0.2) is 47.4 Å². The van der Waals surface area contributed by atoms with Crippen LogP contribution < -0.4 is 5.32 Å². The Hall–Kier alpha value is -3.03. The van der Waals surface area contributed by atoms with Gasteiger partial charge in [0.25, 0.3) is 0 Å². The predicted octanol–water partition coefficient (Wildman–Crippen LogP) is 2.44. The molecular formula is C19H25N3O5. The highest BCUT2D eigenvalue weighted by Gasteiger charge is 2.27. The molecule has 0 radical (unpaired) electrons. The number of amides is 2. The number of carbonyl (C=O) groups excluding carboxylic acids is 3. The van der Waals surface area contributed by atoms with Crippen molar-refractivity contribution in [3.05, 3.63) is 46.7 Å². The smallest absolute Gasteiger partial charge is 0.354 e. The van der Waals surface area contributed by atoms with Gasteiger partial charge in [0.05, 0.1) is 26.5 Å². The van der Waals surface area contributed by atoms with E-state index in [4.69, 9.17) is 9.15 Å². The molecule has 0 aliphatic rings. The molecule has 0 aliphatic carbocycles. The summed E-state index contributed by atoms with van der Waals surface area (Å²) in [5.74, 6) is -0.187. The van der Waals surface area contributed by atoms with Crippen LogP contribution in [0.25, 0.3) is 0 Å². The molecule has 0 saturated carbocycles. The SMILES string of the molecule is CCNC(=O)N(CC(=O)c1c(C)c(C(=O)OC)n(C)c1C)Cc1ccco1. The molecule has 0 saturated heterocycles. The molecule has 0 spiro atoms. The van der Waals surface area contributed by atoms with Crippen molar-refractivity contribution in [1.82, 2.24) is 14.8 Å². The lowest BCUT2D eigenvalue weighted by Crippen LogP contribution is -2.42. The lowest BCUT2D eigenvalue weighted by molar-refractivity contribution is 0.0588. The van der Waals surface area contributed by atoms with E-state index in [1.807, 2.05) is 0 Å². The van der Waals surface area contributed by atoms with Crippen LogP contribution in [0.3, 0.4) is 0 Å². The van der Waals surface area contributed by atoms with E-state index in [9.17, 15) is 14.4 Å². The Morgan fingerprint density at radius 2 is 2.00 bits per heavy atom. The number of aromatic nitrogens is 1. The highest BCUT2D eigenvalue weighted by Crippen LogP contribution is 2.23. The lowest BCUT2D eigenvalue weighted by atomic mass is 10.1. The van der Waals surface area contributed by atoms with Crippen LogP contribution in [0.1, 0.15) is 44.8 Å². The van der Waals surface area contributed by atoms with Gasteiger partial charge in [-0.15, -0.1) is 0 Å². The number of hydrogen-bond donors (Lipinski definition) is 1. The summed E-state index contributed by atoms with van der Waals surface area (Å²) in [5.41, 5.74) is 1.94. The summed E-state index contributed by atoms with van der Waals surface area (Å²) in [4.78, 5) is 38.8. The van der Waals surface area contributed by atoms with Crippen LogP contribution in [0.2, 0.25) is 0 Å². The quantitative estimate of drug-likeness (QED) is 0.593. The maximum atomic E-state index is 13.0. The van der Waals surface area contributed by atoms with E-state index in [0.29, 0.717) is 34.8 Å². The maximum Gasteiger partial charge on any atom is 0.354 e. The second-order valence-corrected chi connectivity index (χ2v) is 6.18. The molecule has 2 aromatic rings. The Labute approximate surface area is 158 Å². The number of nitrogens with zero attached hydrogens (tertiary/aromatic N) is 2. The van der Waals surface area contributed by atoms with Gasteiger partial charge in [0.15, 0.2) is 5.78 Å². The Bertz CT molecular complexity index is 836. The number of ketones is 1. The Kier molecular flexibility index (Phi) is 6.44. The van der Waals surface area contributed by atoms with Crippen LogP contribution in [0.5, 0.6) is 0 Å². The third-order valence-electron chi connectivity index (χ3n) is 4.46. The van der Waals surface area contributed by atoms with Crippen molar-refractivity contribution in [1.29, 1.82) is 0 Å². The van der Waals surface area contributed by atoms with Gasteiger partial charge in [0.1, 0.15) is 11.5 Å². The summed E-state index contributed by atoms with van der Waals surface area (Å²) in [7, 11) is 3.00. The fraction of sp³-hybridized carbons (Fsp3) is 0.421. The van der Waals surface area contributed by atoms with Crippen LogP contribution in [0.4, 0.5) is 4.79 Å². The zero-order valence-corrected chi connectivity index (χ0v) is 16.3. The van der Waals surface area contributed by atoms with Crippen molar-refractivity contribution >= 4 is 17.8 Å². The second kappa shape index (κ2) is 8.57. The largest absolute Gasteiger partial charge is 0.467 e. The summed E-state index contributed by atoms with van der Waals surface area (Å²) < 4.78 is 11.7. The number of rotatable bonds is 7. The van der Waals surface area contributed by atoms with Crippen LogP contribution in [0.15, 0.2) is 22.8 Å². The number of ether oxygens (including phenoxy) is 1. The summed E-state index contributed by atoms with van der Waals surface area (Å²) in [6.45, 7) is 5.74. The molecule has 2 heterocycles. The first kappa shape index (κ1) is 20.3. The highest BCUT2D eigenvalue weighted by atomic mass is 16.5. The zero-order valence-electron chi connectivity index (χ0n) is 16.3. The average molecular weight is 375 g/mol. The Balaban J connectivity index is 2.32. The van der Waals surface area contributed by atoms with E-state index < -0.39 is 5.97 Å². The Morgan fingerprint density at radius 3 is 2.56 bits per heavy atom. The number of Topliss-reactive ketones (excluding diaryl/α,β-unsaturated/α-hetero) is 1. The van der Waals surface area contributed by atoms with Gasteiger partial charge in [0.2, 0.25) is 0 Å². The van der Waals surface area contributed by atoms with Crippen molar-refractivity contribution in [2.45, 2.75) is 27.3 Å². The van der Waals surface area contributed by atoms with Gasteiger partial charge in [-0.05, 0) is 38.5 Å². The molecule has 0 aliphatic heterocycles. The van der Waals surface area contributed by atoms with Gasteiger partial charge in [-0.25, -0.2) is 9.59 Å². The molecule has 8 heteroatoms. The van der Waals surface area contributed by atoms with Crippen LogP contribution in [-0.2, 0) is 18.3 Å². The minimum Gasteiger partial charge on any atom is -0.467 e. The fourth-order valence-electron chi connectivity index (χ4n) is 3.08. The van der Waals surface area contributed by atoms with Gasteiger partial charge in [-0.1, -0.05) is 0 Å². The molecule has 2 amide bonds. The minimum absolute atomic E-state index is 0.140. The zero-order chi connectivity index (χ0) is 20.1. The molecule has 146 valence electrons. The molecule has 0 atom stereocenters. The maximum absolute atomic E-state index is 13.0. The van der Waals surface area contributed by atoms with E-state index in [-0.39, 0.29) is 24.9 Å². The number of furan rings is 1. The molecule has 0 bridgehead atoms. The van der Waals surface area contributed by atoms with Crippen LogP contribution in [0, 0.1) is 13.8 Å². The van der Waals surface area contributed by atoms with Gasteiger partial charge >= 0.3 is 12.0 Å². The molecule has 1 N–H and O–H groups in total. The number of urea groups is 1. The first-order valence-corrected chi connectivity index (χ1v) is 8.64. The van der Waals surface area contributed by atoms with E-state index in [1.165, 1.54) is 18.3 Å². The minimum atomic E-state index is -0.506. The summed E-state index contributed by atoms with van der Waals surface area (Å²) in [6, 6.07) is 3.10. The topological polar surface area (TPSA) is 93.8 Å². The van der Waals surface area contributed by atoms with Gasteiger partial charge in [0, 0.05) is 24.8 Å². The summed E-state index contributed by atoms with van der Waals surface area (Å²) in [6.07, 6.45) is 1.52. The van der Waals surface area contributed by atoms with Crippen molar-refractivity contribution < 1.29 is 23.5 Å². The molecule has 2 aromatic heterocycles. The van der Waals surface area contributed by atoms with Gasteiger partial charge in [-0.3, -0.25) is 4.79 Å². The normalized spacial score (nSPS) is 10.6. The fourth-order valence-corrected chi connectivity index (χ4v) is 3.08. The number of hydrogen-bond acceptors (Lipinski definition) is 5. The first-order chi connectivity index (χ1) is 12.8. The van der Waals surface area contributed by atoms with E-state index >= 15 is 0 Å². The number of methoxy groups -OCH3 is 1. The van der Waals surface area contributed by atoms with Crippen molar-refractivity contribution in [3.8, 4) is 0 Å². The van der Waals surface area contributed by atoms with Crippen LogP contribution >= 0.6 is 0 Å². The molecular weight excluding hydrogens is 350 g/mol. The lowest BCUT2D eigenvalue weighted by Gasteiger charge is -2.21. The third-order valence-corrected chi connectivity index (χ3v) is 4.46.